The molecule has 3 heterocycles. The molecule has 5 nitrogen and oxygen atoms in total. The third kappa shape index (κ3) is 3.27. The Hall–Kier alpha value is -1.24. The molecule has 0 saturated carbocycles. The van der Waals surface area contributed by atoms with Gasteiger partial charge in [0, 0.05) is 44.2 Å². The van der Waals surface area contributed by atoms with Crippen LogP contribution in [0, 0.1) is 0 Å². The Balaban J connectivity index is 1.46. The molecule has 2 aromatic rings. The highest BCUT2D eigenvalue weighted by Crippen LogP contribution is 2.23. The minimum Gasteiger partial charge on any atom is -0.390 e. The Kier molecular flexibility index (Phi) is 4.70. The zero-order chi connectivity index (χ0) is 16.5. The summed E-state index contributed by atoms with van der Waals surface area (Å²) in [5.41, 5.74) is 1.84. The summed E-state index contributed by atoms with van der Waals surface area (Å²) in [6.45, 7) is 5.60. The summed E-state index contributed by atoms with van der Waals surface area (Å²) in [5.74, 6) is 0. The Bertz CT molecular complexity index is 720. The standard InChI is InChI=1S/C18H22ClN3O2/c19-15-3-1-2-13-4-5-14(20-18(13)15)10-21-11-16(17(23)12-21)22-6-8-24-9-7-22/h1-5,16-17,23H,6-12H2/t16-,17-/m1/s1. The van der Waals surface area contributed by atoms with Crippen LogP contribution < -0.4 is 0 Å². The molecule has 1 N–H and O–H groups in total. The number of hydrogen-bond donors (Lipinski definition) is 1. The lowest BCUT2D eigenvalue weighted by Gasteiger charge is -2.33. The number of morpholine rings is 1. The first-order chi connectivity index (χ1) is 11.7. The number of rotatable bonds is 3. The third-order valence-corrected chi connectivity index (χ3v) is 5.27. The van der Waals surface area contributed by atoms with Crippen LogP contribution in [0.3, 0.4) is 0 Å². The van der Waals surface area contributed by atoms with E-state index in [2.05, 4.69) is 15.9 Å². The molecule has 1 aromatic heterocycles. The lowest BCUT2D eigenvalue weighted by molar-refractivity contribution is -0.00618. The summed E-state index contributed by atoms with van der Waals surface area (Å²) >= 11 is 6.26. The average molecular weight is 348 g/mol. The molecule has 2 aliphatic heterocycles. The van der Waals surface area contributed by atoms with E-state index in [4.69, 9.17) is 21.3 Å². The predicted molar refractivity (Wildman–Crippen MR) is 94.2 cm³/mol. The van der Waals surface area contributed by atoms with Crippen LogP contribution in [0.5, 0.6) is 0 Å². The highest BCUT2D eigenvalue weighted by Gasteiger charge is 2.36. The minimum atomic E-state index is -0.313. The monoisotopic (exact) mass is 347 g/mol. The summed E-state index contributed by atoms with van der Waals surface area (Å²) in [6, 6.07) is 10.1. The molecule has 0 spiro atoms. The van der Waals surface area contributed by atoms with Crippen LogP contribution in [0.4, 0.5) is 0 Å². The van der Waals surface area contributed by atoms with Crippen molar-refractivity contribution in [1.82, 2.24) is 14.8 Å². The molecule has 4 rings (SSSR count). The highest BCUT2D eigenvalue weighted by molar-refractivity contribution is 6.35. The molecule has 2 saturated heterocycles. The van der Waals surface area contributed by atoms with Gasteiger partial charge in [-0.1, -0.05) is 29.8 Å². The Morgan fingerprint density at radius 1 is 1.17 bits per heavy atom. The van der Waals surface area contributed by atoms with Gasteiger partial charge in [0.2, 0.25) is 0 Å². The van der Waals surface area contributed by atoms with Crippen molar-refractivity contribution in [2.45, 2.75) is 18.7 Å². The average Bonchev–Trinajstić information content (AvgIpc) is 2.97. The van der Waals surface area contributed by atoms with Crippen molar-refractivity contribution in [3.05, 3.63) is 41.0 Å². The van der Waals surface area contributed by atoms with E-state index >= 15 is 0 Å². The molecular weight excluding hydrogens is 326 g/mol. The van der Waals surface area contributed by atoms with Gasteiger partial charge in [0.05, 0.1) is 35.6 Å². The number of para-hydroxylation sites is 1. The maximum absolute atomic E-state index is 10.4. The molecule has 24 heavy (non-hydrogen) atoms. The largest absolute Gasteiger partial charge is 0.390 e. The number of pyridine rings is 1. The van der Waals surface area contributed by atoms with Crippen LogP contribution in [-0.2, 0) is 11.3 Å². The highest BCUT2D eigenvalue weighted by atomic mass is 35.5. The zero-order valence-electron chi connectivity index (χ0n) is 13.6. The SMILES string of the molecule is O[C@@H]1CN(Cc2ccc3cccc(Cl)c3n2)C[C@H]1N1CCOCC1. The molecule has 6 heteroatoms. The molecule has 0 amide bonds. The molecule has 128 valence electrons. The number of β-amino-alcohol motifs (C(OH)–C–C–N with tert-alkyl or cyclic N) is 1. The molecular formula is C18H22ClN3O2. The topological polar surface area (TPSA) is 48.8 Å². The molecule has 2 aliphatic rings. The van der Waals surface area contributed by atoms with Crippen LogP contribution in [0.15, 0.2) is 30.3 Å². The Labute approximate surface area is 146 Å². The molecule has 2 atom stereocenters. The summed E-state index contributed by atoms with van der Waals surface area (Å²) in [4.78, 5) is 9.33. The first-order valence-corrected chi connectivity index (χ1v) is 8.85. The lowest BCUT2D eigenvalue weighted by atomic mass is 10.1. The fourth-order valence-corrected chi connectivity index (χ4v) is 3.94. The van der Waals surface area contributed by atoms with Crippen LogP contribution in [-0.4, -0.2) is 71.4 Å². The van der Waals surface area contributed by atoms with Crippen molar-refractivity contribution in [3.63, 3.8) is 0 Å². The smallest absolute Gasteiger partial charge is 0.0891 e. The van der Waals surface area contributed by atoms with Gasteiger partial charge in [-0.05, 0) is 12.1 Å². The second-order valence-electron chi connectivity index (χ2n) is 6.59. The number of benzene rings is 1. The van der Waals surface area contributed by atoms with Gasteiger partial charge in [0.1, 0.15) is 0 Å². The number of aromatic nitrogens is 1. The van der Waals surface area contributed by atoms with Crippen LogP contribution in [0.2, 0.25) is 5.02 Å². The summed E-state index contributed by atoms with van der Waals surface area (Å²) in [5, 5.41) is 12.2. The number of likely N-dealkylation sites (tertiary alicyclic amines) is 1. The van der Waals surface area contributed by atoms with Crippen molar-refractivity contribution in [3.8, 4) is 0 Å². The number of aliphatic hydroxyl groups is 1. The summed E-state index contributed by atoms with van der Waals surface area (Å²) < 4.78 is 5.41. The van der Waals surface area contributed by atoms with E-state index in [0.29, 0.717) is 11.6 Å². The molecule has 2 fully saturated rings. The van der Waals surface area contributed by atoms with E-state index < -0.39 is 0 Å². The van der Waals surface area contributed by atoms with E-state index in [1.54, 1.807) is 0 Å². The number of nitrogens with zero attached hydrogens (tertiary/aromatic N) is 3. The number of fused-ring (bicyclic) bond motifs is 1. The van der Waals surface area contributed by atoms with Gasteiger partial charge >= 0.3 is 0 Å². The fraction of sp³-hybridized carbons (Fsp3) is 0.500. The van der Waals surface area contributed by atoms with Crippen molar-refractivity contribution in [2.75, 3.05) is 39.4 Å². The van der Waals surface area contributed by atoms with Gasteiger partial charge in [0.25, 0.3) is 0 Å². The number of ether oxygens (including phenoxy) is 1. The predicted octanol–water partition coefficient (Wildman–Crippen LogP) is 1.77. The van der Waals surface area contributed by atoms with E-state index in [-0.39, 0.29) is 12.1 Å². The fourth-order valence-electron chi connectivity index (χ4n) is 3.71. The number of halogens is 1. The minimum absolute atomic E-state index is 0.193. The quantitative estimate of drug-likeness (QED) is 0.917. The van der Waals surface area contributed by atoms with Crippen LogP contribution in [0.1, 0.15) is 5.69 Å². The second-order valence-corrected chi connectivity index (χ2v) is 7.00. The normalized spacial score (nSPS) is 26.2. The number of aliphatic hydroxyl groups excluding tert-OH is 1. The van der Waals surface area contributed by atoms with E-state index in [1.807, 2.05) is 24.3 Å². The van der Waals surface area contributed by atoms with Crippen molar-refractivity contribution < 1.29 is 9.84 Å². The van der Waals surface area contributed by atoms with Crippen LogP contribution in [0.25, 0.3) is 10.9 Å². The van der Waals surface area contributed by atoms with Gasteiger partial charge in [-0.3, -0.25) is 9.80 Å². The van der Waals surface area contributed by atoms with Gasteiger partial charge in [-0.25, -0.2) is 4.98 Å². The van der Waals surface area contributed by atoms with Gasteiger partial charge in [0.15, 0.2) is 0 Å². The molecule has 0 radical (unpaired) electrons. The van der Waals surface area contributed by atoms with Gasteiger partial charge in [-0.2, -0.15) is 0 Å². The van der Waals surface area contributed by atoms with Crippen LogP contribution >= 0.6 is 11.6 Å². The first-order valence-electron chi connectivity index (χ1n) is 8.47. The lowest BCUT2D eigenvalue weighted by Crippen LogP contribution is -2.48. The van der Waals surface area contributed by atoms with Crippen molar-refractivity contribution >= 4 is 22.5 Å². The van der Waals surface area contributed by atoms with E-state index in [9.17, 15) is 5.11 Å². The van der Waals surface area contributed by atoms with Gasteiger partial charge in [-0.15, -0.1) is 0 Å². The zero-order valence-corrected chi connectivity index (χ0v) is 14.3. The Morgan fingerprint density at radius 3 is 2.83 bits per heavy atom. The van der Waals surface area contributed by atoms with E-state index in [0.717, 1.165) is 56.0 Å². The maximum atomic E-state index is 10.4. The molecule has 0 aliphatic carbocycles. The first kappa shape index (κ1) is 16.2. The molecule has 0 bridgehead atoms. The maximum Gasteiger partial charge on any atom is 0.0891 e. The third-order valence-electron chi connectivity index (χ3n) is 4.96. The van der Waals surface area contributed by atoms with E-state index in [1.165, 1.54) is 0 Å². The summed E-state index contributed by atoms with van der Waals surface area (Å²) in [7, 11) is 0. The van der Waals surface area contributed by atoms with Crippen molar-refractivity contribution in [2.24, 2.45) is 0 Å². The number of hydrogen-bond acceptors (Lipinski definition) is 5. The Morgan fingerprint density at radius 2 is 2.00 bits per heavy atom. The second kappa shape index (κ2) is 6.94. The van der Waals surface area contributed by atoms with Crippen molar-refractivity contribution in [1.29, 1.82) is 0 Å². The molecule has 0 unspecified atom stereocenters. The summed E-state index contributed by atoms with van der Waals surface area (Å²) in [6.07, 6.45) is -0.313. The van der Waals surface area contributed by atoms with Gasteiger partial charge < -0.3 is 9.84 Å². The molecule has 1 aromatic carbocycles.